The van der Waals surface area contributed by atoms with Crippen molar-refractivity contribution in [1.82, 2.24) is 20.2 Å². The van der Waals surface area contributed by atoms with Crippen LogP contribution in [0.3, 0.4) is 0 Å². The Labute approximate surface area is 153 Å². The number of nitrogens with zero attached hydrogens (tertiary/aromatic N) is 3. The molecular weight excluding hydrogens is 330 g/mol. The average molecular weight is 355 g/mol. The summed E-state index contributed by atoms with van der Waals surface area (Å²) in [5.74, 6) is 0.241. The number of morpholine rings is 1. The number of hydrogen-bond acceptors (Lipinski definition) is 6. The monoisotopic (exact) mass is 355 g/mol. The molecule has 0 aliphatic carbocycles. The van der Waals surface area contributed by atoms with Crippen LogP contribution in [0.25, 0.3) is 0 Å². The first-order valence-electron chi connectivity index (χ1n) is 8.88. The molecule has 1 aliphatic heterocycles. The van der Waals surface area contributed by atoms with Gasteiger partial charge in [0.25, 0.3) is 5.91 Å². The second kappa shape index (κ2) is 8.73. The highest BCUT2D eigenvalue weighted by Crippen LogP contribution is 2.15. The van der Waals surface area contributed by atoms with Crippen molar-refractivity contribution in [3.8, 4) is 0 Å². The van der Waals surface area contributed by atoms with Crippen molar-refractivity contribution >= 4 is 17.5 Å². The first-order chi connectivity index (χ1) is 12.6. The van der Waals surface area contributed by atoms with Crippen LogP contribution in [0.15, 0.2) is 30.3 Å². The van der Waals surface area contributed by atoms with Crippen LogP contribution in [0, 0.1) is 13.8 Å². The number of anilines is 2. The zero-order chi connectivity index (χ0) is 18.4. The number of aromatic nitrogens is 2. The van der Waals surface area contributed by atoms with Gasteiger partial charge < -0.3 is 15.4 Å². The van der Waals surface area contributed by atoms with E-state index in [-0.39, 0.29) is 5.91 Å². The zero-order valence-electron chi connectivity index (χ0n) is 15.3. The van der Waals surface area contributed by atoms with Gasteiger partial charge in [-0.1, -0.05) is 12.1 Å². The number of hydrogen-bond donors (Lipinski definition) is 2. The number of rotatable bonds is 6. The Morgan fingerprint density at radius 2 is 2.00 bits per heavy atom. The fourth-order valence-electron chi connectivity index (χ4n) is 2.84. The Morgan fingerprint density at radius 3 is 2.77 bits per heavy atom. The fourth-order valence-corrected chi connectivity index (χ4v) is 2.84. The van der Waals surface area contributed by atoms with Crippen LogP contribution in [0.5, 0.6) is 0 Å². The summed E-state index contributed by atoms with van der Waals surface area (Å²) < 4.78 is 5.33. The quantitative estimate of drug-likeness (QED) is 0.824. The molecule has 1 aromatic carbocycles. The van der Waals surface area contributed by atoms with E-state index in [1.165, 1.54) is 0 Å². The first-order valence-corrected chi connectivity index (χ1v) is 8.88. The predicted octanol–water partition coefficient (Wildman–Crippen LogP) is 1.90. The van der Waals surface area contributed by atoms with E-state index in [1.807, 2.05) is 38.1 Å². The van der Waals surface area contributed by atoms with Crippen molar-refractivity contribution in [1.29, 1.82) is 0 Å². The molecule has 2 aromatic rings. The number of carbonyl (C=O) groups excluding carboxylic acids is 1. The van der Waals surface area contributed by atoms with E-state index < -0.39 is 0 Å². The maximum Gasteiger partial charge on any atom is 0.270 e. The Morgan fingerprint density at radius 1 is 1.19 bits per heavy atom. The molecule has 0 saturated carbocycles. The van der Waals surface area contributed by atoms with E-state index in [0.29, 0.717) is 18.2 Å². The van der Waals surface area contributed by atoms with Crippen LogP contribution < -0.4 is 10.6 Å². The summed E-state index contributed by atoms with van der Waals surface area (Å²) >= 11 is 0. The molecule has 0 atom stereocenters. The van der Waals surface area contributed by atoms with Crippen molar-refractivity contribution in [2.24, 2.45) is 0 Å². The van der Waals surface area contributed by atoms with Gasteiger partial charge in [-0.2, -0.15) is 0 Å². The summed E-state index contributed by atoms with van der Waals surface area (Å²) in [7, 11) is 0. The van der Waals surface area contributed by atoms with E-state index in [2.05, 4.69) is 25.5 Å². The van der Waals surface area contributed by atoms with Crippen LogP contribution in [-0.2, 0) is 4.74 Å². The number of benzene rings is 1. The minimum Gasteiger partial charge on any atom is -0.379 e. The number of carbonyl (C=O) groups is 1. The van der Waals surface area contributed by atoms with Gasteiger partial charge in [0, 0.05) is 37.6 Å². The molecule has 7 heteroatoms. The van der Waals surface area contributed by atoms with Crippen LogP contribution in [0.2, 0.25) is 0 Å². The number of aryl methyl sites for hydroxylation is 2. The lowest BCUT2D eigenvalue weighted by Crippen LogP contribution is -2.41. The lowest BCUT2D eigenvalue weighted by atomic mass is 10.2. The Balaban J connectivity index is 1.60. The van der Waals surface area contributed by atoms with Crippen molar-refractivity contribution in [3.63, 3.8) is 0 Å². The summed E-state index contributed by atoms with van der Waals surface area (Å²) in [6.45, 7) is 8.61. The zero-order valence-corrected chi connectivity index (χ0v) is 15.3. The normalized spacial score (nSPS) is 14.8. The standard InChI is InChI=1S/C19H25N5O2/c1-14-4-3-5-16(12-14)22-19-21-15(2)13-17(23-19)18(25)20-6-7-24-8-10-26-11-9-24/h3-5,12-13H,6-11H2,1-2H3,(H,20,25)(H,21,22,23). The highest BCUT2D eigenvalue weighted by atomic mass is 16.5. The maximum atomic E-state index is 12.4. The molecule has 1 aliphatic rings. The molecule has 0 bridgehead atoms. The molecule has 2 N–H and O–H groups in total. The summed E-state index contributed by atoms with van der Waals surface area (Å²) in [4.78, 5) is 23.4. The van der Waals surface area contributed by atoms with E-state index >= 15 is 0 Å². The summed E-state index contributed by atoms with van der Waals surface area (Å²) in [5.41, 5.74) is 3.15. The molecule has 1 fully saturated rings. The second-order valence-electron chi connectivity index (χ2n) is 6.42. The highest BCUT2D eigenvalue weighted by Gasteiger charge is 2.13. The van der Waals surface area contributed by atoms with Gasteiger partial charge in [-0.25, -0.2) is 9.97 Å². The molecule has 2 heterocycles. The van der Waals surface area contributed by atoms with Gasteiger partial charge >= 0.3 is 0 Å². The van der Waals surface area contributed by atoms with Crippen LogP contribution in [-0.4, -0.2) is 60.2 Å². The minimum atomic E-state index is -0.184. The molecule has 7 nitrogen and oxygen atoms in total. The topological polar surface area (TPSA) is 79.4 Å². The first kappa shape index (κ1) is 18.3. The second-order valence-corrected chi connectivity index (χ2v) is 6.42. The number of amides is 1. The third-order valence-electron chi connectivity index (χ3n) is 4.18. The van der Waals surface area contributed by atoms with Gasteiger partial charge in [-0.05, 0) is 37.6 Å². The van der Waals surface area contributed by atoms with Gasteiger partial charge in [0.05, 0.1) is 13.2 Å². The summed E-state index contributed by atoms with van der Waals surface area (Å²) in [6, 6.07) is 9.64. The summed E-state index contributed by atoms with van der Waals surface area (Å²) in [5, 5.41) is 6.10. The van der Waals surface area contributed by atoms with Gasteiger partial charge in [0.2, 0.25) is 5.95 Å². The van der Waals surface area contributed by atoms with Crippen LogP contribution >= 0.6 is 0 Å². The molecule has 3 rings (SSSR count). The SMILES string of the molecule is Cc1cccc(Nc2nc(C)cc(C(=O)NCCN3CCOCC3)n2)c1. The molecule has 1 aromatic heterocycles. The fraction of sp³-hybridized carbons (Fsp3) is 0.421. The smallest absolute Gasteiger partial charge is 0.270 e. The van der Waals surface area contributed by atoms with Crippen molar-refractivity contribution in [2.75, 3.05) is 44.7 Å². The Hall–Kier alpha value is -2.51. The van der Waals surface area contributed by atoms with E-state index in [9.17, 15) is 4.79 Å². The lowest BCUT2D eigenvalue weighted by molar-refractivity contribution is 0.0383. The van der Waals surface area contributed by atoms with Gasteiger partial charge in [-0.15, -0.1) is 0 Å². The maximum absolute atomic E-state index is 12.4. The van der Waals surface area contributed by atoms with Crippen LogP contribution in [0.1, 0.15) is 21.7 Å². The lowest BCUT2D eigenvalue weighted by Gasteiger charge is -2.26. The summed E-state index contributed by atoms with van der Waals surface area (Å²) in [6.07, 6.45) is 0. The van der Waals surface area contributed by atoms with E-state index in [0.717, 1.165) is 49.8 Å². The molecule has 0 unspecified atom stereocenters. The molecule has 26 heavy (non-hydrogen) atoms. The van der Waals surface area contributed by atoms with E-state index in [4.69, 9.17) is 4.74 Å². The molecule has 1 saturated heterocycles. The Kier molecular flexibility index (Phi) is 6.14. The Bertz CT molecular complexity index is 759. The van der Waals surface area contributed by atoms with Gasteiger partial charge in [0.15, 0.2) is 0 Å². The van der Waals surface area contributed by atoms with E-state index in [1.54, 1.807) is 6.07 Å². The third kappa shape index (κ3) is 5.24. The number of ether oxygens (including phenoxy) is 1. The van der Waals surface area contributed by atoms with Gasteiger partial charge in [-0.3, -0.25) is 9.69 Å². The highest BCUT2D eigenvalue weighted by molar-refractivity contribution is 5.92. The van der Waals surface area contributed by atoms with Gasteiger partial charge in [0.1, 0.15) is 5.69 Å². The molecule has 0 spiro atoms. The largest absolute Gasteiger partial charge is 0.379 e. The molecule has 1 amide bonds. The minimum absolute atomic E-state index is 0.184. The van der Waals surface area contributed by atoms with Crippen molar-refractivity contribution in [2.45, 2.75) is 13.8 Å². The molecule has 0 radical (unpaired) electrons. The van der Waals surface area contributed by atoms with Crippen molar-refractivity contribution in [3.05, 3.63) is 47.3 Å². The number of nitrogens with one attached hydrogen (secondary N) is 2. The molecular formula is C19H25N5O2. The van der Waals surface area contributed by atoms with Crippen molar-refractivity contribution < 1.29 is 9.53 Å². The van der Waals surface area contributed by atoms with Crippen LogP contribution in [0.4, 0.5) is 11.6 Å². The molecule has 138 valence electrons. The predicted molar refractivity (Wildman–Crippen MR) is 101 cm³/mol. The average Bonchev–Trinajstić information content (AvgIpc) is 2.62. The third-order valence-corrected chi connectivity index (χ3v) is 4.18.